The van der Waals surface area contributed by atoms with Gasteiger partial charge < -0.3 is 15.0 Å². The third-order valence-electron chi connectivity index (χ3n) is 5.02. The fourth-order valence-electron chi connectivity index (χ4n) is 3.35. The Kier molecular flexibility index (Phi) is 17.9. The van der Waals surface area contributed by atoms with Crippen molar-refractivity contribution in [1.82, 2.24) is 10.2 Å². The Labute approximate surface area is 180 Å². The molecule has 29 heavy (non-hydrogen) atoms. The van der Waals surface area contributed by atoms with Crippen LogP contribution in [0, 0.1) is 0 Å². The normalized spacial score (nSPS) is 13.6. The average molecular weight is 413 g/mol. The van der Waals surface area contributed by atoms with Crippen LogP contribution in [0.25, 0.3) is 0 Å². The molecule has 1 rings (SSSR count). The van der Waals surface area contributed by atoms with Gasteiger partial charge in [0.15, 0.2) is 0 Å². The summed E-state index contributed by atoms with van der Waals surface area (Å²) in [5.41, 5.74) is -0.361. The van der Waals surface area contributed by atoms with Crippen LogP contribution in [0.1, 0.15) is 118 Å². The lowest BCUT2D eigenvalue weighted by atomic mass is 10.1. The third-order valence-corrected chi connectivity index (χ3v) is 5.02. The van der Waals surface area contributed by atoms with Gasteiger partial charge in [0.1, 0.15) is 5.60 Å². The number of unbranched alkanes of at least 4 members (excludes halogenated alkanes) is 11. The van der Waals surface area contributed by atoms with Gasteiger partial charge in [0.2, 0.25) is 6.41 Å². The number of nitrogens with one attached hydrogen (secondary N) is 1. The molecule has 172 valence electrons. The molecule has 1 N–H and O–H groups in total. The first-order chi connectivity index (χ1) is 13.9. The minimum atomic E-state index is -0.361. The van der Waals surface area contributed by atoms with E-state index in [1.165, 1.54) is 70.6 Å². The van der Waals surface area contributed by atoms with Crippen LogP contribution in [-0.4, -0.2) is 42.6 Å². The summed E-state index contributed by atoms with van der Waals surface area (Å²) in [6.07, 6.45) is 19.2. The predicted octanol–water partition coefficient (Wildman–Crippen LogP) is 6.45. The third kappa shape index (κ3) is 19.8. The number of likely N-dealkylation sites (tertiary alicyclic amines) is 1. The van der Waals surface area contributed by atoms with Gasteiger partial charge in [-0.05, 0) is 40.0 Å². The summed E-state index contributed by atoms with van der Waals surface area (Å²) < 4.78 is 5.21. The van der Waals surface area contributed by atoms with Gasteiger partial charge in [-0.3, -0.25) is 4.79 Å². The molecule has 0 spiro atoms. The Morgan fingerprint density at radius 1 is 0.862 bits per heavy atom. The second-order valence-electron chi connectivity index (χ2n) is 9.14. The van der Waals surface area contributed by atoms with Crippen LogP contribution in [0.4, 0.5) is 4.79 Å². The van der Waals surface area contributed by atoms with Crippen molar-refractivity contribution in [2.45, 2.75) is 123 Å². The van der Waals surface area contributed by atoms with Crippen molar-refractivity contribution in [3.8, 4) is 0 Å². The smallest absolute Gasteiger partial charge is 0.410 e. The number of carbonyl (C=O) groups is 2. The van der Waals surface area contributed by atoms with Gasteiger partial charge in [0.05, 0.1) is 0 Å². The van der Waals surface area contributed by atoms with Crippen molar-refractivity contribution in [1.29, 1.82) is 0 Å². The van der Waals surface area contributed by atoms with E-state index in [0.29, 0.717) is 0 Å². The highest BCUT2D eigenvalue weighted by Gasteiger charge is 2.23. The first-order valence-electron chi connectivity index (χ1n) is 12.1. The van der Waals surface area contributed by atoms with E-state index in [2.05, 4.69) is 12.2 Å². The molecule has 2 amide bonds. The maximum absolute atomic E-state index is 11.4. The van der Waals surface area contributed by atoms with Gasteiger partial charge in [-0.2, -0.15) is 0 Å². The molecule has 0 bridgehead atoms. The van der Waals surface area contributed by atoms with E-state index in [-0.39, 0.29) is 11.7 Å². The van der Waals surface area contributed by atoms with E-state index in [4.69, 9.17) is 4.74 Å². The summed E-state index contributed by atoms with van der Waals surface area (Å²) in [6.45, 7) is 10.5. The van der Waals surface area contributed by atoms with Crippen LogP contribution in [0.5, 0.6) is 0 Å². The fourth-order valence-corrected chi connectivity index (χ4v) is 3.35. The van der Waals surface area contributed by atoms with E-state index < -0.39 is 0 Å². The fraction of sp³-hybridized carbons (Fsp3) is 0.917. The van der Waals surface area contributed by atoms with Gasteiger partial charge in [-0.25, -0.2) is 4.79 Å². The van der Waals surface area contributed by atoms with Crippen LogP contribution in [0.2, 0.25) is 0 Å². The Morgan fingerprint density at radius 2 is 1.31 bits per heavy atom. The first kappa shape index (κ1) is 27.7. The molecule has 5 nitrogen and oxygen atoms in total. The van der Waals surface area contributed by atoms with Crippen molar-refractivity contribution in [3.05, 3.63) is 0 Å². The minimum Gasteiger partial charge on any atom is -0.444 e. The minimum absolute atomic E-state index is 0.167. The molecule has 0 atom stereocenters. The zero-order chi connectivity index (χ0) is 21.8. The highest BCUT2D eigenvalue weighted by Crippen LogP contribution is 2.14. The monoisotopic (exact) mass is 412 g/mol. The average Bonchev–Trinajstić information content (AvgIpc) is 3.20. The van der Waals surface area contributed by atoms with Crippen molar-refractivity contribution >= 4 is 12.5 Å². The molecule has 0 aromatic rings. The molecule has 0 saturated carbocycles. The highest BCUT2D eigenvalue weighted by atomic mass is 16.6. The molecular weight excluding hydrogens is 364 g/mol. The highest BCUT2D eigenvalue weighted by molar-refractivity contribution is 5.68. The predicted molar refractivity (Wildman–Crippen MR) is 122 cm³/mol. The maximum atomic E-state index is 11.4. The SMILES string of the molecule is CC(C)(C)OC(=O)N1CCCC1.CCCCCCCCCCCCCCNC=O. The Balaban J connectivity index is 0.000000571. The van der Waals surface area contributed by atoms with Crippen molar-refractivity contribution in [3.63, 3.8) is 0 Å². The van der Waals surface area contributed by atoms with E-state index in [1.807, 2.05) is 20.8 Å². The summed E-state index contributed by atoms with van der Waals surface area (Å²) in [6, 6.07) is 0. The van der Waals surface area contributed by atoms with E-state index in [9.17, 15) is 9.59 Å². The second kappa shape index (κ2) is 18.7. The lowest BCUT2D eigenvalue weighted by Gasteiger charge is -2.23. The molecule has 1 aliphatic rings. The van der Waals surface area contributed by atoms with Gasteiger partial charge in [0, 0.05) is 19.6 Å². The molecular formula is C24H48N2O3. The van der Waals surface area contributed by atoms with Gasteiger partial charge in [-0.15, -0.1) is 0 Å². The topological polar surface area (TPSA) is 58.6 Å². The number of hydrogen-bond acceptors (Lipinski definition) is 3. The quantitative estimate of drug-likeness (QED) is 0.263. The largest absolute Gasteiger partial charge is 0.444 e. The zero-order valence-electron chi connectivity index (χ0n) is 19.8. The summed E-state index contributed by atoms with van der Waals surface area (Å²) in [4.78, 5) is 23.1. The van der Waals surface area contributed by atoms with E-state index in [1.54, 1.807) is 4.90 Å². The lowest BCUT2D eigenvalue weighted by Crippen LogP contribution is -2.34. The number of carbonyl (C=O) groups excluding carboxylic acids is 2. The van der Waals surface area contributed by atoms with Crippen LogP contribution >= 0.6 is 0 Å². The summed E-state index contributed by atoms with van der Waals surface area (Å²) >= 11 is 0. The molecule has 0 radical (unpaired) electrons. The molecule has 1 fully saturated rings. The molecule has 1 saturated heterocycles. The number of ether oxygens (including phenoxy) is 1. The Bertz CT molecular complexity index is 388. The Hall–Kier alpha value is -1.26. The molecule has 0 unspecified atom stereocenters. The van der Waals surface area contributed by atoms with Gasteiger partial charge >= 0.3 is 6.09 Å². The summed E-state index contributed by atoms with van der Waals surface area (Å²) in [5.74, 6) is 0. The van der Waals surface area contributed by atoms with Crippen molar-refractivity contribution in [2.75, 3.05) is 19.6 Å². The standard InChI is InChI=1S/C15H31NO.C9H17NO2/c1-2-3-4-5-6-7-8-9-10-11-12-13-14-16-15-17;1-9(2,3)12-8(11)10-6-4-5-7-10/h15H,2-14H2,1H3,(H,16,17);4-7H2,1-3H3. The van der Waals surface area contributed by atoms with E-state index >= 15 is 0 Å². The number of nitrogens with zero attached hydrogens (tertiary/aromatic N) is 1. The number of amides is 2. The molecule has 0 aromatic carbocycles. The lowest BCUT2D eigenvalue weighted by molar-refractivity contribution is -0.109. The van der Waals surface area contributed by atoms with Crippen LogP contribution < -0.4 is 5.32 Å². The van der Waals surface area contributed by atoms with Crippen molar-refractivity contribution < 1.29 is 14.3 Å². The molecule has 1 heterocycles. The molecule has 5 heteroatoms. The molecule has 0 aliphatic carbocycles. The first-order valence-corrected chi connectivity index (χ1v) is 12.1. The number of hydrogen-bond donors (Lipinski definition) is 1. The zero-order valence-corrected chi connectivity index (χ0v) is 19.8. The number of rotatable bonds is 14. The Morgan fingerprint density at radius 3 is 1.72 bits per heavy atom. The molecule has 0 aromatic heterocycles. The van der Waals surface area contributed by atoms with Gasteiger partial charge in [-0.1, -0.05) is 77.6 Å². The maximum Gasteiger partial charge on any atom is 0.410 e. The summed E-state index contributed by atoms with van der Waals surface area (Å²) in [5, 5.41) is 2.70. The van der Waals surface area contributed by atoms with Crippen LogP contribution in [0.3, 0.4) is 0 Å². The van der Waals surface area contributed by atoms with Crippen LogP contribution in [-0.2, 0) is 9.53 Å². The second-order valence-corrected chi connectivity index (χ2v) is 9.14. The molecule has 1 aliphatic heterocycles. The summed E-state index contributed by atoms with van der Waals surface area (Å²) in [7, 11) is 0. The van der Waals surface area contributed by atoms with E-state index in [0.717, 1.165) is 45.3 Å². The van der Waals surface area contributed by atoms with Crippen molar-refractivity contribution in [2.24, 2.45) is 0 Å². The van der Waals surface area contributed by atoms with Crippen LogP contribution in [0.15, 0.2) is 0 Å². The van der Waals surface area contributed by atoms with Gasteiger partial charge in [0.25, 0.3) is 0 Å².